The van der Waals surface area contributed by atoms with Gasteiger partial charge in [0.1, 0.15) is 0 Å². The molecule has 4 nitrogen and oxygen atoms in total. The Balaban J connectivity index is 2.44. The number of nitrogens with zero attached hydrogens (tertiary/aromatic N) is 1. The fourth-order valence-electron chi connectivity index (χ4n) is 3.24. The Labute approximate surface area is 128 Å². The van der Waals surface area contributed by atoms with Crippen LogP contribution in [0.4, 0.5) is 5.69 Å². The average Bonchev–Trinajstić information content (AvgIpc) is 2.44. The van der Waals surface area contributed by atoms with Crippen LogP contribution in [-0.2, 0) is 10.0 Å². The fraction of sp³-hybridized carbons (Fsp3) is 0.625. The van der Waals surface area contributed by atoms with Gasteiger partial charge < -0.3 is 5.73 Å². The lowest BCUT2D eigenvalue weighted by Gasteiger charge is -2.33. The Kier molecular flexibility index (Phi) is 4.94. The van der Waals surface area contributed by atoms with Crippen molar-refractivity contribution in [1.29, 1.82) is 0 Å². The van der Waals surface area contributed by atoms with Gasteiger partial charge in [0, 0.05) is 18.3 Å². The van der Waals surface area contributed by atoms with Crippen molar-refractivity contribution in [2.45, 2.75) is 63.8 Å². The van der Waals surface area contributed by atoms with E-state index in [0.29, 0.717) is 22.7 Å². The highest BCUT2D eigenvalue weighted by Crippen LogP contribution is 2.31. The molecule has 118 valence electrons. The highest BCUT2D eigenvalue weighted by atomic mass is 32.2. The molecule has 5 heteroatoms. The molecule has 1 aromatic carbocycles. The standard InChI is InChI=1S/C16H26N2O2S/c1-4-18(14-8-6-5-7-9-14)21(19,20)16-11-12(2)10-15(17)13(16)3/h10-11,14H,4-9,17H2,1-3H3. The quantitative estimate of drug-likeness (QED) is 0.868. The highest BCUT2D eigenvalue weighted by molar-refractivity contribution is 7.89. The van der Waals surface area contributed by atoms with Crippen molar-refractivity contribution in [2.75, 3.05) is 12.3 Å². The van der Waals surface area contributed by atoms with Crippen LogP contribution >= 0.6 is 0 Å². The van der Waals surface area contributed by atoms with Crippen LogP contribution in [-0.4, -0.2) is 25.3 Å². The predicted molar refractivity (Wildman–Crippen MR) is 86.8 cm³/mol. The van der Waals surface area contributed by atoms with Crippen molar-refractivity contribution in [1.82, 2.24) is 4.31 Å². The summed E-state index contributed by atoms with van der Waals surface area (Å²) in [5.41, 5.74) is 8.05. The predicted octanol–water partition coefficient (Wildman–Crippen LogP) is 3.23. The lowest BCUT2D eigenvalue weighted by atomic mass is 9.95. The second-order valence-electron chi connectivity index (χ2n) is 5.98. The number of nitrogens with two attached hydrogens (primary N) is 1. The molecule has 1 fully saturated rings. The molecule has 21 heavy (non-hydrogen) atoms. The molecule has 0 radical (unpaired) electrons. The van der Waals surface area contributed by atoms with Crippen molar-refractivity contribution in [2.24, 2.45) is 0 Å². The third-order valence-corrected chi connectivity index (χ3v) is 6.58. The molecule has 0 heterocycles. The number of aryl methyl sites for hydroxylation is 1. The zero-order valence-corrected chi connectivity index (χ0v) is 14.0. The molecule has 0 bridgehead atoms. The van der Waals surface area contributed by atoms with E-state index in [1.54, 1.807) is 17.3 Å². The molecule has 1 aromatic rings. The van der Waals surface area contributed by atoms with Gasteiger partial charge in [0.2, 0.25) is 10.0 Å². The summed E-state index contributed by atoms with van der Waals surface area (Å²) in [5, 5.41) is 0. The highest BCUT2D eigenvalue weighted by Gasteiger charge is 2.32. The average molecular weight is 310 g/mol. The van der Waals surface area contributed by atoms with E-state index in [2.05, 4.69) is 0 Å². The number of rotatable bonds is 4. The topological polar surface area (TPSA) is 63.4 Å². The molecule has 0 amide bonds. The van der Waals surface area contributed by atoms with E-state index >= 15 is 0 Å². The lowest BCUT2D eigenvalue weighted by molar-refractivity contribution is 0.261. The maximum absolute atomic E-state index is 13.1. The molecule has 2 N–H and O–H groups in total. The Hall–Kier alpha value is -1.07. The Morgan fingerprint density at radius 3 is 2.38 bits per heavy atom. The molecule has 0 aliphatic heterocycles. The van der Waals surface area contributed by atoms with Gasteiger partial charge in [-0.2, -0.15) is 4.31 Å². The van der Waals surface area contributed by atoms with Crippen molar-refractivity contribution in [3.8, 4) is 0 Å². The third-order valence-electron chi connectivity index (χ3n) is 4.42. The molecule has 2 rings (SSSR count). The largest absolute Gasteiger partial charge is 0.398 e. The van der Waals surface area contributed by atoms with E-state index in [4.69, 9.17) is 5.73 Å². The summed E-state index contributed by atoms with van der Waals surface area (Å²) in [5.74, 6) is 0. The van der Waals surface area contributed by atoms with Gasteiger partial charge in [-0.1, -0.05) is 26.2 Å². The Bertz CT molecular complexity index is 605. The van der Waals surface area contributed by atoms with E-state index in [1.807, 2.05) is 19.9 Å². The fourth-order valence-corrected chi connectivity index (χ4v) is 5.28. The molecule has 0 atom stereocenters. The van der Waals surface area contributed by atoms with Crippen LogP contribution in [0, 0.1) is 13.8 Å². The van der Waals surface area contributed by atoms with E-state index in [0.717, 1.165) is 31.2 Å². The summed E-state index contributed by atoms with van der Waals surface area (Å²) < 4.78 is 27.8. The van der Waals surface area contributed by atoms with Crippen LogP contribution in [0.15, 0.2) is 17.0 Å². The summed E-state index contributed by atoms with van der Waals surface area (Å²) in [6, 6.07) is 3.70. The first-order valence-corrected chi connectivity index (χ1v) is 9.20. The van der Waals surface area contributed by atoms with E-state index in [1.165, 1.54) is 6.42 Å². The van der Waals surface area contributed by atoms with Gasteiger partial charge in [-0.05, 0) is 49.9 Å². The maximum Gasteiger partial charge on any atom is 0.243 e. The van der Waals surface area contributed by atoms with Gasteiger partial charge in [-0.25, -0.2) is 8.42 Å². The molecule has 1 aliphatic carbocycles. The smallest absolute Gasteiger partial charge is 0.243 e. The second kappa shape index (κ2) is 6.36. The zero-order chi connectivity index (χ0) is 15.6. The third kappa shape index (κ3) is 3.24. The first-order chi connectivity index (χ1) is 9.87. The SMILES string of the molecule is CCN(C1CCCCC1)S(=O)(=O)c1cc(C)cc(N)c1C. The summed E-state index contributed by atoms with van der Waals surface area (Å²) >= 11 is 0. The molecule has 1 aliphatic rings. The number of hydrogen-bond donors (Lipinski definition) is 1. The summed E-state index contributed by atoms with van der Waals surface area (Å²) in [6.45, 7) is 6.10. The van der Waals surface area contributed by atoms with Gasteiger partial charge in [-0.15, -0.1) is 0 Å². The van der Waals surface area contributed by atoms with Crippen LogP contribution in [0.2, 0.25) is 0 Å². The van der Waals surface area contributed by atoms with Crippen LogP contribution in [0.5, 0.6) is 0 Å². The normalized spacial score (nSPS) is 17.3. The molecular weight excluding hydrogens is 284 g/mol. The minimum atomic E-state index is -3.47. The molecular formula is C16H26N2O2S. The van der Waals surface area contributed by atoms with Crippen molar-refractivity contribution in [3.63, 3.8) is 0 Å². The maximum atomic E-state index is 13.1. The number of benzene rings is 1. The Morgan fingerprint density at radius 1 is 1.19 bits per heavy atom. The first kappa shape index (κ1) is 16.3. The number of anilines is 1. The monoisotopic (exact) mass is 310 g/mol. The minimum absolute atomic E-state index is 0.134. The van der Waals surface area contributed by atoms with Crippen molar-refractivity contribution < 1.29 is 8.42 Å². The summed E-state index contributed by atoms with van der Waals surface area (Å²) in [7, 11) is -3.47. The van der Waals surface area contributed by atoms with Crippen LogP contribution in [0.1, 0.15) is 50.2 Å². The van der Waals surface area contributed by atoms with Crippen molar-refractivity contribution in [3.05, 3.63) is 23.3 Å². The van der Waals surface area contributed by atoms with E-state index < -0.39 is 10.0 Å². The number of hydrogen-bond acceptors (Lipinski definition) is 3. The first-order valence-electron chi connectivity index (χ1n) is 7.76. The second-order valence-corrected chi connectivity index (χ2v) is 7.84. The van der Waals surface area contributed by atoms with Gasteiger partial charge in [0.15, 0.2) is 0 Å². The number of sulfonamides is 1. The molecule has 0 spiro atoms. The van der Waals surface area contributed by atoms with Gasteiger partial charge >= 0.3 is 0 Å². The van der Waals surface area contributed by atoms with Crippen LogP contribution in [0.25, 0.3) is 0 Å². The lowest BCUT2D eigenvalue weighted by Crippen LogP contribution is -2.41. The van der Waals surface area contributed by atoms with Crippen LogP contribution in [0.3, 0.4) is 0 Å². The van der Waals surface area contributed by atoms with Gasteiger partial charge in [0.25, 0.3) is 0 Å². The molecule has 0 saturated heterocycles. The van der Waals surface area contributed by atoms with Crippen LogP contribution < -0.4 is 5.73 Å². The van der Waals surface area contributed by atoms with Crippen molar-refractivity contribution >= 4 is 15.7 Å². The van der Waals surface area contributed by atoms with E-state index in [9.17, 15) is 8.42 Å². The summed E-state index contributed by atoms with van der Waals surface area (Å²) in [4.78, 5) is 0.368. The summed E-state index contributed by atoms with van der Waals surface area (Å²) in [6.07, 6.45) is 5.38. The number of nitrogen functional groups attached to an aromatic ring is 1. The van der Waals surface area contributed by atoms with E-state index in [-0.39, 0.29) is 6.04 Å². The van der Waals surface area contributed by atoms with Gasteiger partial charge in [-0.3, -0.25) is 0 Å². The zero-order valence-electron chi connectivity index (χ0n) is 13.2. The molecule has 1 saturated carbocycles. The molecule has 0 aromatic heterocycles. The van der Waals surface area contributed by atoms with Gasteiger partial charge in [0.05, 0.1) is 4.90 Å². The Morgan fingerprint density at radius 2 is 1.81 bits per heavy atom. The minimum Gasteiger partial charge on any atom is -0.398 e. The molecule has 0 unspecified atom stereocenters.